The molecule has 0 aliphatic carbocycles. The van der Waals surface area contributed by atoms with E-state index in [0.29, 0.717) is 36.1 Å². The summed E-state index contributed by atoms with van der Waals surface area (Å²) in [4.78, 5) is 16.2. The van der Waals surface area contributed by atoms with Crippen molar-refractivity contribution in [2.24, 2.45) is 5.73 Å². The van der Waals surface area contributed by atoms with Crippen molar-refractivity contribution in [1.82, 2.24) is 10.1 Å². The van der Waals surface area contributed by atoms with E-state index in [1.54, 1.807) is 31.2 Å². The minimum absolute atomic E-state index is 0. The zero-order valence-electron chi connectivity index (χ0n) is 13.8. The molecule has 0 spiro atoms. The molecule has 1 aliphatic heterocycles. The van der Waals surface area contributed by atoms with E-state index in [1.165, 1.54) is 0 Å². The number of aryl methyl sites for hydroxylation is 1. The Morgan fingerprint density at radius 3 is 2.72 bits per heavy atom. The molecule has 2 heterocycles. The van der Waals surface area contributed by atoms with Gasteiger partial charge in [-0.2, -0.15) is 4.98 Å². The van der Waals surface area contributed by atoms with Crippen LogP contribution in [0.15, 0.2) is 28.8 Å². The topological polar surface area (TPSA) is 113 Å². The van der Waals surface area contributed by atoms with Gasteiger partial charge in [0.1, 0.15) is 11.9 Å². The van der Waals surface area contributed by atoms with Gasteiger partial charge in [-0.25, -0.2) is 0 Å². The van der Waals surface area contributed by atoms with Gasteiger partial charge < -0.3 is 25.0 Å². The number of carbonyl (C=O) groups excluding carboxylic acids is 1. The highest BCUT2D eigenvalue weighted by molar-refractivity contribution is 5.94. The number of amides is 1. The number of rotatable bonds is 6. The quantitative estimate of drug-likeness (QED) is 0.799. The summed E-state index contributed by atoms with van der Waals surface area (Å²) in [6.07, 6.45) is 1.05. The molecule has 2 atom stereocenters. The van der Waals surface area contributed by atoms with Gasteiger partial charge in [-0.3, -0.25) is 4.79 Å². The number of halogens is 1. The van der Waals surface area contributed by atoms with E-state index in [0.717, 1.165) is 6.42 Å². The van der Waals surface area contributed by atoms with Crippen molar-refractivity contribution in [3.63, 3.8) is 0 Å². The lowest BCUT2D eigenvalue weighted by Crippen LogP contribution is -2.29. The molecule has 8 nitrogen and oxygen atoms in total. The summed E-state index contributed by atoms with van der Waals surface area (Å²) in [5.41, 5.74) is 6.23. The predicted molar refractivity (Wildman–Crippen MR) is 92.6 cm³/mol. The maximum Gasteiger partial charge on any atom is 0.264 e. The number of benzene rings is 1. The Kier molecular flexibility index (Phi) is 6.74. The number of anilines is 1. The van der Waals surface area contributed by atoms with Crippen LogP contribution >= 0.6 is 12.4 Å². The summed E-state index contributed by atoms with van der Waals surface area (Å²) in [6.45, 7) is 2.38. The highest BCUT2D eigenvalue weighted by atomic mass is 35.5. The van der Waals surface area contributed by atoms with Crippen molar-refractivity contribution in [3.8, 4) is 5.75 Å². The fourth-order valence-electron chi connectivity index (χ4n) is 2.47. The van der Waals surface area contributed by atoms with E-state index in [1.807, 2.05) is 0 Å². The summed E-state index contributed by atoms with van der Waals surface area (Å²) in [6, 6.07) is 7.05. The van der Waals surface area contributed by atoms with E-state index in [9.17, 15) is 4.79 Å². The molecule has 1 aromatic heterocycles. The molecule has 3 rings (SSSR count). The van der Waals surface area contributed by atoms with Crippen LogP contribution in [0.1, 0.15) is 24.6 Å². The zero-order valence-corrected chi connectivity index (χ0v) is 14.6. The Labute approximate surface area is 151 Å². The van der Waals surface area contributed by atoms with Crippen molar-refractivity contribution in [1.29, 1.82) is 0 Å². The first-order chi connectivity index (χ1) is 11.6. The van der Waals surface area contributed by atoms with Crippen LogP contribution in [0.4, 0.5) is 5.69 Å². The maximum absolute atomic E-state index is 12.1. The molecule has 25 heavy (non-hydrogen) atoms. The van der Waals surface area contributed by atoms with Crippen molar-refractivity contribution in [2.45, 2.75) is 38.6 Å². The molecule has 136 valence electrons. The fraction of sp³-hybridized carbons (Fsp3) is 0.438. The molecule has 0 unspecified atom stereocenters. The SMILES string of the molecule is Cc1noc(COc2ccc(NC(=O)[C@@H]3CC[C@H](CN)O3)cc2)n1.Cl. The van der Waals surface area contributed by atoms with Crippen LogP contribution in [0.25, 0.3) is 0 Å². The molecular formula is C16H21ClN4O4. The van der Waals surface area contributed by atoms with Gasteiger partial charge in [-0.05, 0) is 44.0 Å². The Morgan fingerprint density at radius 1 is 1.36 bits per heavy atom. The Morgan fingerprint density at radius 2 is 2.12 bits per heavy atom. The molecule has 1 aromatic carbocycles. The molecule has 9 heteroatoms. The van der Waals surface area contributed by atoms with Gasteiger partial charge in [-0.15, -0.1) is 12.4 Å². The molecule has 0 radical (unpaired) electrons. The van der Waals surface area contributed by atoms with Crippen LogP contribution < -0.4 is 15.8 Å². The molecule has 1 saturated heterocycles. The van der Waals surface area contributed by atoms with Crippen LogP contribution in [0.2, 0.25) is 0 Å². The maximum atomic E-state index is 12.1. The van der Waals surface area contributed by atoms with Crippen LogP contribution in [-0.4, -0.2) is 34.8 Å². The Balaban J connectivity index is 0.00000225. The van der Waals surface area contributed by atoms with Gasteiger partial charge in [0.15, 0.2) is 12.4 Å². The molecule has 1 amide bonds. The molecule has 3 N–H and O–H groups in total. The molecule has 0 bridgehead atoms. The van der Waals surface area contributed by atoms with Crippen molar-refractivity contribution in [2.75, 3.05) is 11.9 Å². The molecule has 0 saturated carbocycles. The first-order valence-electron chi connectivity index (χ1n) is 7.82. The summed E-state index contributed by atoms with van der Waals surface area (Å²) < 4.78 is 16.1. The lowest BCUT2D eigenvalue weighted by atomic mass is 10.2. The van der Waals surface area contributed by atoms with Crippen LogP contribution in [0, 0.1) is 6.92 Å². The fourth-order valence-corrected chi connectivity index (χ4v) is 2.47. The van der Waals surface area contributed by atoms with Gasteiger partial charge >= 0.3 is 0 Å². The smallest absolute Gasteiger partial charge is 0.264 e. The van der Waals surface area contributed by atoms with Gasteiger partial charge in [0, 0.05) is 12.2 Å². The van der Waals surface area contributed by atoms with E-state index >= 15 is 0 Å². The first kappa shape index (κ1) is 19.2. The van der Waals surface area contributed by atoms with E-state index in [4.69, 9.17) is 19.7 Å². The zero-order chi connectivity index (χ0) is 16.9. The highest BCUT2D eigenvalue weighted by Gasteiger charge is 2.29. The number of hydrogen-bond acceptors (Lipinski definition) is 7. The van der Waals surface area contributed by atoms with Crippen molar-refractivity contribution < 1.29 is 18.8 Å². The van der Waals surface area contributed by atoms with Gasteiger partial charge in [0.25, 0.3) is 11.8 Å². The van der Waals surface area contributed by atoms with Crippen LogP contribution in [-0.2, 0) is 16.1 Å². The first-order valence-corrected chi connectivity index (χ1v) is 7.82. The Hall–Kier alpha value is -2.16. The largest absolute Gasteiger partial charge is 0.484 e. The molecular weight excluding hydrogens is 348 g/mol. The van der Waals surface area contributed by atoms with Gasteiger partial charge in [0.05, 0.1) is 6.10 Å². The van der Waals surface area contributed by atoms with Gasteiger partial charge in [-0.1, -0.05) is 5.16 Å². The monoisotopic (exact) mass is 368 g/mol. The number of ether oxygens (including phenoxy) is 2. The number of carbonyl (C=O) groups is 1. The summed E-state index contributed by atoms with van der Waals surface area (Å²) in [5, 5.41) is 6.52. The van der Waals surface area contributed by atoms with Crippen molar-refractivity contribution in [3.05, 3.63) is 36.0 Å². The average molecular weight is 369 g/mol. The predicted octanol–water partition coefficient (Wildman–Crippen LogP) is 1.82. The summed E-state index contributed by atoms with van der Waals surface area (Å²) in [5.74, 6) is 1.47. The third-order valence-corrected chi connectivity index (χ3v) is 3.72. The third kappa shape index (κ3) is 5.15. The summed E-state index contributed by atoms with van der Waals surface area (Å²) in [7, 11) is 0. The molecule has 1 fully saturated rings. The minimum atomic E-state index is -0.435. The second-order valence-corrected chi connectivity index (χ2v) is 5.60. The van der Waals surface area contributed by atoms with Gasteiger partial charge in [0.2, 0.25) is 0 Å². The number of aromatic nitrogens is 2. The Bertz CT molecular complexity index is 692. The molecule has 2 aromatic rings. The number of hydrogen-bond donors (Lipinski definition) is 2. The standard InChI is InChI=1S/C16H20N4O4.ClH/c1-10-18-15(24-20-10)9-22-12-4-2-11(3-5-12)19-16(21)14-7-6-13(8-17)23-14;/h2-5,13-14H,6-9,17H2,1H3,(H,19,21);1H/t13-,14+;/m1./s1. The minimum Gasteiger partial charge on any atom is -0.484 e. The second-order valence-electron chi connectivity index (χ2n) is 5.60. The lowest BCUT2D eigenvalue weighted by molar-refractivity contribution is -0.126. The normalized spacial score (nSPS) is 19.3. The number of nitrogens with one attached hydrogen (secondary N) is 1. The lowest BCUT2D eigenvalue weighted by Gasteiger charge is -2.13. The van der Waals surface area contributed by atoms with Crippen LogP contribution in [0.5, 0.6) is 5.75 Å². The molecule has 1 aliphatic rings. The van der Waals surface area contributed by atoms with Crippen LogP contribution in [0.3, 0.4) is 0 Å². The second kappa shape index (κ2) is 8.80. The van der Waals surface area contributed by atoms with E-state index in [2.05, 4.69) is 15.5 Å². The number of nitrogens with zero attached hydrogens (tertiary/aromatic N) is 2. The van der Waals surface area contributed by atoms with E-state index in [-0.39, 0.29) is 31.0 Å². The highest BCUT2D eigenvalue weighted by Crippen LogP contribution is 2.21. The average Bonchev–Trinajstić information content (AvgIpc) is 3.23. The number of nitrogens with two attached hydrogens (primary N) is 1. The summed E-state index contributed by atoms with van der Waals surface area (Å²) >= 11 is 0. The van der Waals surface area contributed by atoms with E-state index < -0.39 is 6.10 Å². The van der Waals surface area contributed by atoms with Crippen molar-refractivity contribution >= 4 is 24.0 Å². The third-order valence-electron chi connectivity index (χ3n) is 3.72.